The van der Waals surface area contributed by atoms with Crippen LogP contribution < -0.4 is 0 Å². The van der Waals surface area contributed by atoms with Gasteiger partial charge in [0.15, 0.2) is 6.10 Å². The largest absolute Gasteiger partial charge is 0.462 e. The average Bonchev–Trinajstić information content (AvgIpc) is 3.38. The molecule has 1 unspecified atom stereocenters. The standard InChI is InChI=1S/C66H124O6/c1-4-7-10-13-15-17-19-21-23-25-26-27-28-29-30-31-32-33-34-35-36-37-38-39-40-41-43-44-46-48-50-53-56-59-65(68)71-62-63(61-70-64(67)58-55-52-12-9-6-3)72-66(69)60-57-54-51-49-47-45-42-24-22-20-18-16-14-11-8-5-2/h19,21,25-26,63H,4-18,20,22-24,27-62H2,1-3H3/b21-19-,26-25-. The molecule has 6 nitrogen and oxygen atoms in total. The smallest absolute Gasteiger partial charge is 0.306 e. The maximum absolute atomic E-state index is 12.8. The molecular formula is C66H124O6. The molecule has 0 N–H and O–H groups in total. The molecule has 6 heteroatoms. The highest BCUT2D eigenvalue weighted by molar-refractivity contribution is 5.71. The van der Waals surface area contributed by atoms with Crippen LogP contribution in [0.25, 0.3) is 0 Å². The van der Waals surface area contributed by atoms with Gasteiger partial charge in [-0.05, 0) is 51.4 Å². The van der Waals surface area contributed by atoms with Gasteiger partial charge in [-0.3, -0.25) is 14.4 Å². The minimum Gasteiger partial charge on any atom is -0.462 e. The number of ether oxygens (including phenoxy) is 3. The van der Waals surface area contributed by atoms with Crippen LogP contribution >= 0.6 is 0 Å². The molecule has 0 amide bonds. The summed E-state index contributed by atoms with van der Waals surface area (Å²) in [5.74, 6) is -0.855. The zero-order valence-electron chi connectivity index (χ0n) is 48.7. The van der Waals surface area contributed by atoms with E-state index in [0.717, 1.165) is 70.6 Å². The molecule has 1 atom stereocenters. The Morgan fingerprint density at radius 3 is 0.764 bits per heavy atom. The third-order valence-electron chi connectivity index (χ3n) is 14.7. The van der Waals surface area contributed by atoms with Crippen LogP contribution in [-0.4, -0.2) is 37.2 Å². The molecule has 72 heavy (non-hydrogen) atoms. The number of allylic oxidation sites excluding steroid dienone is 4. The first-order valence-corrected chi connectivity index (χ1v) is 32.3. The van der Waals surface area contributed by atoms with Crippen LogP contribution in [0.5, 0.6) is 0 Å². The average molecular weight is 1010 g/mol. The second-order valence-electron chi connectivity index (χ2n) is 22.0. The Hall–Kier alpha value is -2.11. The first-order valence-electron chi connectivity index (χ1n) is 32.3. The SMILES string of the molecule is CCCCCCC/C=C\C/C=C\CCCCCCCCCCCCCCCCCCCCCCCC(=O)OCC(COC(=O)CCCCCCC)OC(=O)CCCCCCCCCCCCCCCCCC. The summed E-state index contributed by atoms with van der Waals surface area (Å²) in [7, 11) is 0. The zero-order valence-corrected chi connectivity index (χ0v) is 48.7. The van der Waals surface area contributed by atoms with Gasteiger partial charge >= 0.3 is 17.9 Å². The van der Waals surface area contributed by atoms with E-state index in [4.69, 9.17) is 14.2 Å². The molecule has 424 valence electrons. The predicted molar refractivity (Wildman–Crippen MR) is 312 cm³/mol. The molecule has 0 radical (unpaired) electrons. The molecular weight excluding hydrogens is 889 g/mol. The maximum atomic E-state index is 12.8. The lowest BCUT2D eigenvalue weighted by Crippen LogP contribution is -2.30. The topological polar surface area (TPSA) is 78.9 Å². The van der Waals surface area contributed by atoms with Crippen LogP contribution in [0.3, 0.4) is 0 Å². The highest BCUT2D eigenvalue weighted by Crippen LogP contribution is 2.18. The van der Waals surface area contributed by atoms with E-state index < -0.39 is 6.10 Å². The summed E-state index contributed by atoms with van der Waals surface area (Å²) in [6.07, 6.45) is 74.0. The summed E-state index contributed by atoms with van der Waals surface area (Å²) in [5, 5.41) is 0. The molecule has 0 aromatic rings. The van der Waals surface area contributed by atoms with E-state index >= 15 is 0 Å². The molecule has 0 aromatic heterocycles. The second-order valence-corrected chi connectivity index (χ2v) is 22.0. The second kappa shape index (κ2) is 61.4. The number of carbonyl (C=O) groups excluding carboxylic acids is 3. The number of hydrogen-bond acceptors (Lipinski definition) is 6. The van der Waals surface area contributed by atoms with Gasteiger partial charge in [-0.2, -0.15) is 0 Å². The molecule has 0 saturated carbocycles. The van der Waals surface area contributed by atoms with E-state index in [1.807, 2.05) is 0 Å². The van der Waals surface area contributed by atoms with Crippen LogP contribution in [-0.2, 0) is 28.6 Å². The van der Waals surface area contributed by atoms with Crippen LogP contribution in [0, 0.1) is 0 Å². The van der Waals surface area contributed by atoms with E-state index in [0.29, 0.717) is 19.3 Å². The summed E-state index contributed by atoms with van der Waals surface area (Å²) >= 11 is 0. The van der Waals surface area contributed by atoms with Crippen LogP contribution in [0.15, 0.2) is 24.3 Å². The van der Waals surface area contributed by atoms with E-state index in [-0.39, 0.29) is 31.1 Å². The van der Waals surface area contributed by atoms with Gasteiger partial charge in [0.05, 0.1) is 0 Å². The van der Waals surface area contributed by atoms with Crippen molar-refractivity contribution < 1.29 is 28.6 Å². The number of esters is 3. The van der Waals surface area contributed by atoms with Crippen molar-refractivity contribution in [2.75, 3.05) is 13.2 Å². The van der Waals surface area contributed by atoms with Gasteiger partial charge in [0.2, 0.25) is 0 Å². The van der Waals surface area contributed by atoms with E-state index in [1.54, 1.807) is 0 Å². The molecule has 0 heterocycles. The number of hydrogen-bond donors (Lipinski definition) is 0. The van der Waals surface area contributed by atoms with Gasteiger partial charge in [-0.25, -0.2) is 0 Å². The molecule has 0 aliphatic rings. The Bertz CT molecular complexity index is 1160. The van der Waals surface area contributed by atoms with Gasteiger partial charge in [0, 0.05) is 19.3 Å². The van der Waals surface area contributed by atoms with E-state index in [1.165, 1.54) is 250 Å². The van der Waals surface area contributed by atoms with Crippen molar-refractivity contribution in [3.63, 3.8) is 0 Å². The predicted octanol–water partition coefficient (Wildman–Crippen LogP) is 21.8. The van der Waals surface area contributed by atoms with Crippen molar-refractivity contribution in [3.05, 3.63) is 24.3 Å². The Labute approximate surface area is 449 Å². The first kappa shape index (κ1) is 69.9. The molecule has 0 fully saturated rings. The third kappa shape index (κ3) is 58.8. The minimum atomic E-state index is -0.762. The normalized spacial score (nSPS) is 12.1. The maximum Gasteiger partial charge on any atom is 0.306 e. The molecule has 0 saturated heterocycles. The molecule has 0 aromatic carbocycles. The number of rotatable bonds is 60. The minimum absolute atomic E-state index is 0.0649. The molecule has 0 bridgehead atoms. The van der Waals surface area contributed by atoms with Crippen molar-refractivity contribution in [3.8, 4) is 0 Å². The van der Waals surface area contributed by atoms with E-state index in [2.05, 4.69) is 45.1 Å². The van der Waals surface area contributed by atoms with Crippen LogP contribution in [0.4, 0.5) is 0 Å². The Morgan fingerprint density at radius 1 is 0.278 bits per heavy atom. The van der Waals surface area contributed by atoms with Crippen molar-refractivity contribution in [1.29, 1.82) is 0 Å². The lowest BCUT2D eigenvalue weighted by Gasteiger charge is -2.18. The molecule has 0 rings (SSSR count). The fourth-order valence-electron chi connectivity index (χ4n) is 9.83. The summed E-state index contributed by atoms with van der Waals surface area (Å²) in [6.45, 7) is 6.60. The van der Waals surface area contributed by atoms with Crippen molar-refractivity contribution >= 4 is 17.9 Å². The molecule has 0 aliphatic carbocycles. The Kier molecular flexibility index (Phi) is 59.6. The quantitative estimate of drug-likeness (QED) is 0.0261. The van der Waals surface area contributed by atoms with Gasteiger partial charge in [0.1, 0.15) is 13.2 Å². The van der Waals surface area contributed by atoms with Gasteiger partial charge < -0.3 is 14.2 Å². The van der Waals surface area contributed by atoms with Crippen molar-refractivity contribution in [2.45, 2.75) is 367 Å². The van der Waals surface area contributed by atoms with Crippen LogP contribution in [0.2, 0.25) is 0 Å². The Balaban J connectivity index is 3.87. The lowest BCUT2D eigenvalue weighted by atomic mass is 10.0. The highest BCUT2D eigenvalue weighted by Gasteiger charge is 2.19. The first-order chi connectivity index (χ1) is 35.5. The van der Waals surface area contributed by atoms with Gasteiger partial charge in [0.25, 0.3) is 0 Å². The summed E-state index contributed by atoms with van der Waals surface area (Å²) in [4.78, 5) is 37.8. The van der Waals surface area contributed by atoms with Crippen molar-refractivity contribution in [1.82, 2.24) is 0 Å². The lowest BCUT2D eigenvalue weighted by molar-refractivity contribution is -0.167. The zero-order chi connectivity index (χ0) is 52.2. The monoisotopic (exact) mass is 1010 g/mol. The fraction of sp³-hybridized carbons (Fsp3) is 0.894. The summed E-state index contributed by atoms with van der Waals surface area (Å²) in [5.41, 5.74) is 0. The van der Waals surface area contributed by atoms with Gasteiger partial charge in [-0.15, -0.1) is 0 Å². The summed E-state index contributed by atoms with van der Waals surface area (Å²) in [6, 6.07) is 0. The third-order valence-corrected chi connectivity index (χ3v) is 14.7. The molecule has 0 aliphatic heterocycles. The van der Waals surface area contributed by atoms with E-state index in [9.17, 15) is 14.4 Å². The van der Waals surface area contributed by atoms with Crippen molar-refractivity contribution in [2.24, 2.45) is 0 Å². The number of carbonyl (C=O) groups is 3. The highest BCUT2D eigenvalue weighted by atomic mass is 16.6. The molecule has 0 spiro atoms. The fourth-order valence-corrected chi connectivity index (χ4v) is 9.83. The van der Waals surface area contributed by atoms with Gasteiger partial charge in [-0.1, -0.05) is 315 Å². The number of unbranched alkanes of at least 4 members (excludes halogenated alkanes) is 45. The Morgan fingerprint density at radius 2 is 0.500 bits per heavy atom. The van der Waals surface area contributed by atoms with Crippen LogP contribution in [0.1, 0.15) is 361 Å². The summed E-state index contributed by atoms with van der Waals surface area (Å²) < 4.78 is 16.8.